The van der Waals surface area contributed by atoms with Crippen molar-refractivity contribution in [2.24, 2.45) is 5.73 Å². The summed E-state index contributed by atoms with van der Waals surface area (Å²) in [5.41, 5.74) is 4.55. The number of carbonyl (C=O) groups excluding carboxylic acids is 2. The fourth-order valence-corrected chi connectivity index (χ4v) is 1.35. The molecule has 1 rings (SSSR count). The summed E-state index contributed by atoms with van der Waals surface area (Å²) in [5, 5.41) is 29.5. The normalized spacial score (nSPS) is 11.6. The number of para-hydroxylation sites is 1. The topological polar surface area (TPSA) is 150 Å². The van der Waals surface area contributed by atoms with Gasteiger partial charge < -0.3 is 26.4 Å². The maximum Gasteiger partial charge on any atom is 0.326 e. The molecule has 0 saturated carbocycles. The van der Waals surface area contributed by atoms with E-state index in [2.05, 4.69) is 0 Å². The Labute approximate surface area is 107 Å². The fraction of sp³-hybridized carbons (Fsp3) is 0.182. The lowest BCUT2D eigenvalue weighted by Crippen LogP contribution is -2.43. The second kappa shape index (κ2) is 5.71. The fourth-order valence-electron chi connectivity index (χ4n) is 1.35. The van der Waals surface area contributed by atoms with E-state index >= 15 is 0 Å². The number of carbonyl (C=O) groups is 3. The first kappa shape index (κ1) is 14.3. The highest BCUT2D eigenvalue weighted by Gasteiger charge is 2.24. The molecule has 0 saturated heterocycles. The number of aromatic hydroxyl groups is 2. The van der Waals surface area contributed by atoms with Gasteiger partial charge in [0.2, 0.25) is 5.91 Å². The molecule has 19 heavy (non-hydrogen) atoms. The predicted octanol–water partition coefficient (Wildman–Crippen LogP) is -0.844. The average molecular weight is 268 g/mol. The second-order valence-corrected chi connectivity index (χ2v) is 3.71. The van der Waals surface area contributed by atoms with E-state index in [0.29, 0.717) is 0 Å². The lowest BCUT2D eigenvalue weighted by Gasteiger charge is -2.13. The number of amides is 2. The predicted molar refractivity (Wildman–Crippen MR) is 62.5 cm³/mol. The van der Waals surface area contributed by atoms with Crippen LogP contribution in [0.25, 0.3) is 0 Å². The number of carboxylic acids is 1. The molecule has 0 bridgehead atoms. The maximum absolute atomic E-state index is 11.7. The van der Waals surface area contributed by atoms with E-state index in [1.165, 1.54) is 12.1 Å². The molecule has 1 aromatic carbocycles. The van der Waals surface area contributed by atoms with Crippen molar-refractivity contribution in [3.63, 3.8) is 0 Å². The molecule has 102 valence electrons. The third kappa shape index (κ3) is 3.60. The number of phenols is 2. The van der Waals surface area contributed by atoms with E-state index in [0.717, 1.165) is 6.07 Å². The van der Waals surface area contributed by atoms with Crippen molar-refractivity contribution >= 4 is 17.8 Å². The number of nitrogens with two attached hydrogens (primary N) is 1. The van der Waals surface area contributed by atoms with Crippen LogP contribution in [0, 0.1) is 0 Å². The van der Waals surface area contributed by atoms with Crippen LogP contribution in [-0.2, 0) is 9.59 Å². The Balaban J connectivity index is 2.91. The van der Waals surface area contributed by atoms with Crippen LogP contribution in [0.1, 0.15) is 16.8 Å². The summed E-state index contributed by atoms with van der Waals surface area (Å²) in [6.45, 7) is 0. The van der Waals surface area contributed by atoms with Gasteiger partial charge in [0.15, 0.2) is 11.5 Å². The molecule has 1 aromatic rings. The van der Waals surface area contributed by atoms with Crippen LogP contribution in [0.5, 0.6) is 11.5 Å². The largest absolute Gasteiger partial charge is 0.504 e. The van der Waals surface area contributed by atoms with Crippen LogP contribution in [0.3, 0.4) is 0 Å². The summed E-state index contributed by atoms with van der Waals surface area (Å²) >= 11 is 0. The standard InChI is InChI=1S/C11H12N2O6/c12-8(15)4-6(11(18)19)13-10(17)5-2-1-3-7(14)9(5)16/h1-3,6,14,16H,4H2,(H2,12,15)(H,13,17)(H,18,19)/t6-/m0/s1. The number of nitrogens with one attached hydrogen (secondary N) is 1. The summed E-state index contributed by atoms with van der Waals surface area (Å²) in [7, 11) is 0. The zero-order valence-corrected chi connectivity index (χ0v) is 9.66. The molecule has 6 N–H and O–H groups in total. The van der Waals surface area contributed by atoms with Gasteiger partial charge in [0.25, 0.3) is 5.91 Å². The van der Waals surface area contributed by atoms with Crippen molar-refractivity contribution in [2.45, 2.75) is 12.5 Å². The molecular formula is C11H12N2O6. The third-order valence-electron chi connectivity index (χ3n) is 2.27. The zero-order valence-electron chi connectivity index (χ0n) is 9.66. The molecule has 0 aliphatic carbocycles. The molecule has 8 nitrogen and oxygen atoms in total. The third-order valence-corrected chi connectivity index (χ3v) is 2.27. The number of carboxylic acid groups (broad SMARTS) is 1. The van der Waals surface area contributed by atoms with Gasteiger partial charge in [-0.05, 0) is 12.1 Å². The Morgan fingerprint density at radius 3 is 2.42 bits per heavy atom. The summed E-state index contributed by atoms with van der Waals surface area (Å²) in [5.74, 6) is -4.47. The lowest BCUT2D eigenvalue weighted by molar-refractivity contribution is -0.140. The van der Waals surface area contributed by atoms with Gasteiger partial charge in [-0.3, -0.25) is 9.59 Å². The van der Waals surface area contributed by atoms with E-state index < -0.39 is 41.7 Å². The first-order valence-corrected chi connectivity index (χ1v) is 5.16. The van der Waals surface area contributed by atoms with Crippen molar-refractivity contribution in [2.75, 3.05) is 0 Å². The Bertz CT molecular complexity index is 528. The molecule has 0 spiro atoms. The minimum atomic E-state index is -1.51. The van der Waals surface area contributed by atoms with Gasteiger partial charge in [-0.25, -0.2) is 4.79 Å². The number of hydrogen-bond donors (Lipinski definition) is 5. The molecule has 0 aliphatic rings. The van der Waals surface area contributed by atoms with Crippen LogP contribution < -0.4 is 11.1 Å². The van der Waals surface area contributed by atoms with E-state index in [1.807, 2.05) is 5.32 Å². The van der Waals surface area contributed by atoms with E-state index in [4.69, 9.17) is 10.8 Å². The molecule has 0 aromatic heterocycles. The van der Waals surface area contributed by atoms with E-state index in [1.54, 1.807) is 0 Å². The number of hydrogen-bond acceptors (Lipinski definition) is 5. The highest BCUT2D eigenvalue weighted by molar-refractivity contribution is 6.00. The maximum atomic E-state index is 11.7. The Kier molecular flexibility index (Phi) is 4.30. The first-order valence-electron chi connectivity index (χ1n) is 5.16. The molecule has 8 heteroatoms. The van der Waals surface area contributed by atoms with Gasteiger partial charge in [0.05, 0.1) is 12.0 Å². The number of aliphatic carboxylic acids is 1. The molecule has 2 amide bonds. The molecule has 0 aliphatic heterocycles. The lowest BCUT2D eigenvalue weighted by atomic mass is 10.1. The van der Waals surface area contributed by atoms with Gasteiger partial charge in [-0.1, -0.05) is 6.07 Å². The molecule has 0 radical (unpaired) electrons. The highest BCUT2D eigenvalue weighted by atomic mass is 16.4. The summed E-state index contributed by atoms with van der Waals surface area (Å²) in [6, 6.07) is 2.14. The van der Waals surface area contributed by atoms with Crippen LogP contribution in [0.15, 0.2) is 18.2 Å². The van der Waals surface area contributed by atoms with Crippen molar-refractivity contribution < 1.29 is 29.7 Å². The average Bonchev–Trinajstić information content (AvgIpc) is 2.31. The number of phenolic OH excluding ortho intramolecular Hbond substituents is 2. The van der Waals surface area contributed by atoms with Crippen molar-refractivity contribution in [3.05, 3.63) is 23.8 Å². The molecule has 0 unspecified atom stereocenters. The van der Waals surface area contributed by atoms with E-state index in [-0.39, 0.29) is 5.56 Å². The smallest absolute Gasteiger partial charge is 0.326 e. The van der Waals surface area contributed by atoms with Crippen molar-refractivity contribution in [1.29, 1.82) is 0 Å². The zero-order chi connectivity index (χ0) is 14.6. The quantitative estimate of drug-likeness (QED) is 0.439. The van der Waals surface area contributed by atoms with Gasteiger partial charge in [0, 0.05) is 0 Å². The monoisotopic (exact) mass is 268 g/mol. The summed E-state index contributed by atoms with van der Waals surface area (Å²) in [6.07, 6.45) is -0.583. The molecule has 0 fully saturated rings. The highest BCUT2D eigenvalue weighted by Crippen LogP contribution is 2.28. The molecular weight excluding hydrogens is 256 g/mol. The van der Waals surface area contributed by atoms with Gasteiger partial charge >= 0.3 is 5.97 Å². The summed E-state index contributed by atoms with van der Waals surface area (Å²) in [4.78, 5) is 33.2. The van der Waals surface area contributed by atoms with Crippen LogP contribution >= 0.6 is 0 Å². The number of rotatable bonds is 5. The Morgan fingerprint density at radius 2 is 1.89 bits per heavy atom. The summed E-state index contributed by atoms with van der Waals surface area (Å²) < 4.78 is 0. The Hall–Kier alpha value is -2.77. The minimum absolute atomic E-state index is 0.310. The number of primary amides is 1. The number of benzene rings is 1. The van der Waals surface area contributed by atoms with Crippen molar-refractivity contribution in [3.8, 4) is 11.5 Å². The van der Waals surface area contributed by atoms with Crippen LogP contribution in [-0.4, -0.2) is 39.1 Å². The van der Waals surface area contributed by atoms with Crippen LogP contribution in [0.4, 0.5) is 0 Å². The van der Waals surface area contributed by atoms with E-state index in [9.17, 15) is 24.6 Å². The SMILES string of the molecule is NC(=O)C[C@H](NC(=O)c1cccc(O)c1O)C(=O)O. The Morgan fingerprint density at radius 1 is 1.26 bits per heavy atom. The van der Waals surface area contributed by atoms with Gasteiger partial charge in [-0.15, -0.1) is 0 Å². The molecule has 1 atom stereocenters. The van der Waals surface area contributed by atoms with Crippen LogP contribution in [0.2, 0.25) is 0 Å². The van der Waals surface area contributed by atoms with Crippen molar-refractivity contribution in [1.82, 2.24) is 5.32 Å². The first-order chi connectivity index (χ1) is 8.82. The van der Waals surface area contributed by atoms with Gasteiger partial charge in [-0.2, -0.15) is 0 Å². The van der Waals surface area contributed by atoms with Gasteiger partial charge in [0.1, 0.15) is 6.04 Å². The minimum Gasteiger partial charge on any atom is -0.504 e. The molecule has 0 heterocycles. The second-order valence-electron chi connectivity index (χ2n) is 3.71.